The highest BCUT2D eigenvalue weighted by atomic mass is 32.2. The summed E-state index contributed by atoms with van der Waals surface area (Å²) in [6, 6.07) is 0. The van der Waals surface area contributed by atoms with E-state index in [1.165, 1.54) is 16.7 Å². The molecule has 4 heteroatoms. The first-order chi connectivity index (χ1) is 6.11. The Morgan fingerprint density at radius 1 is 1.31 bits per heavy atom. The van der Waals surface area contributed by atoms with Gasteiger partial charge in [0, 0.05) is 6.54 Å². The predicted octanol–water partition coefficient (Wildman–Crippen LogP) is 1.13. The van der Waals surface area contributed by atoms with Crippen molar-refractivity contribution in [2.24, 2.45) is 5.92 Å². The first-order valence-electron chi connectivity index (χ1n) is 4.52. The van der Waals surface area contributed by atoms with Crippen molar-refractivity contribution in [2.45, 2.75) is 20.3 Å². The second-order valence-electron chi connectivity index (χ2n) is 3.61. The van der Waals surface area contributed by atoms with Crippen molar-refractivity contribution in [1.82, 2.24) is 4.90 Å². The Bertz CT molecular complexity index is 200. The lowest BCUT2D eigenvalue weighted by molar-refractivity contribution is -0.142. The van der Waals surface area contributed by atoms with Crippen LogP contribution in [0.2, 0.25) is 0 Å². The number of imide groups is 1. The highest BCUT2D eigenvalue weighted by molar-refractivity contribution is 8.00. The van der Waals surface area contributed by atoms with E-state index in [0.29, 0.717) is 24.0 Å². The highest BCUT2D eigenvalue weighted by Gasteiger charge is 2.25. The Morgan fingerprint density at radius 2 is 1.85 bits per heavy atom. The number of nitrogens with zero attached hydrogens (tertiary/aromatic N) is 1. The fraction of sp³-hybridized carbons (Fsp3) is 0.778. The molecule has 1 fully saturated rings. The van der Waals surface area contributed by atoms with Gasteiger partial charge in [-0.15, -0.1) is 11.8 Å². The van der Waals surface area contributed by atoms with Crippen LogP contribution < -0.4 is 0 Å². The highest BCUT2D eigenvalue weighted by Crippen LogP contribution is 2.13. The Balaban J connectivity index is 2.44. The number of rotatable bonds is 3. The summed E-state index contributed by atoms with van der Waals surface area (Å²) in [6.07, 6.45) is 0.905. The first kappa shape index (κ1) is 10.6. The number of carbonyl (C=O) groups excluding carboxylic acids is 2. The van der Waals surface area contributed by atoms with Crippen LogP contribution in [0.5, 0.6) is 0 Å². The Labute approximate surface area is 82.9 Å². The van der Waals surface area contributed by atoms with Crippen LogP contribution in [-0.4, -0.2) is 34.8 Å². The Hall–Kier alpha value is -0.510. The van der Waals surface area contributed by atoms with E-state index in [1.807, 2.05) is 0 Å². The summed E-state index contributed by atoms with van der Waals surface area (Å²) < 4.78 is 0. The Morgan fingerprint density at radius 3 is 2.31 bits per heavy atom. The van der Waals surface area contributed by atoms with Gasteiger partial charge in [0.25, 0.3) is 0 Å². The van der Waals surface area contributed by atoms with Crippen molar-refractivity contribution >= 4 is 23.6 Å². The van der Waals surface area contributed by atoms with E-state index in [1.54, 1.807) is 0 Å². The van der Waals surface area contributed by atoms with E-state index >= 15 is 0 Å². The van der Waals surface area contributed by atoms with Gasteiger partial charge in [0.05, 0.1) is 11.5 Å². The van der Waals surface area contributed by atoms with E-state index in [0.717, 1.165) is 6.42 Å². The summed E-state index contributed by atoms with van der Waals surface area (Å²) in [6.45, 7) is 4.77. The van der Waals surface area contributed by atoms with Crippen LogP contribution in [0.1, 0.15) is 20.3 Å². The van der Waals surface area contributed by atoms with Gasteiger partial charge in [0.2, 0.25) is 11.8 Å². The fourth-order valence-electron chi connectivity index (χ4n) is 1.16. The van der Waals surface area contributed by atoms with Crippen LogP contribution in [0.4, 0.5) is 0 Å². The molecule has 1 aliphatic heterocycles. The molecule has 0 saturated carbocycles. The summed E-state index contributed by atoms with van der Waals surface area (Å²) in [7, 11) is 0. The zero-order valence-electron chi connectivity index (χ0n) is 8.08. The third-order valence-electron chi connectivity index (χ3n) is 1.98. The molecule has 0 bridgehead atoms. The summed E-state index contributed by atoms with van der Waals surface area (Å²) in [5.74, 6) is 1.41. The maximum Gasteiger partial charge on any atom is 0.239 e. The number of hydrogen-bond acceptors (Lipinski definition) is 3. The topological polar surface area (TPSA) is 37.4 Å². The number of carbonyl (C=O) groups is 2. The quantitative estimate of drug-likeness (QED) is 0.642. The minimum Gasteiger partial charge on any atom is -0.281 e. The van der Waals surface area contributed by atoms with Crippen LogP contribution in [0.15, 0.2) is 0 Å². The second-order valence-corrected chi connectivity index (χ2v) is 4.60. The van der Waals surface area contributed by atoms with E-state index in [4.69, 9.17) is 0 Å². The van der Waals surface area contributed by atoms with Crippen LogP contribution in [0.25, 0.3) is 0 Å². The molecule has 2 amide bonds. The molecule has 0 N–H and O–H groups in total. The molecule has 0 radical (unpaired) electrons. The SMILES string of the molecule is CC(C)CCN1C(=O)CSCC1=O. The molecule has 0 unspecified atom stereocenters. The van der Waals surface area contributed by atoms with Gasteiger partial charge in [-0.25, -0.2) is 0 Å². The average molecular weight is 201 g/mol. The Kier molecular flexibility index (Phi) is 3.78. The van der Waals surface area contributed by atoms with Crippen molar-refractivity contribution in [3.05, 3.63) is 0 Å². The monoisotopic (exact) mass is 201 g/mol. The number of hydrogen-bond donors (Lipinski definition) is 0. The average Bonchev–Trinajstić information content (AvgIpc) is 2.03. The minimum absolute atomic E-state index is 0.0260. The van der Waals surface area contributed by atoms with Gasteiger partial charge < -0.3 is 0 Å². The van der Waals surface area contributed by atoms with Crippen molar-refractivity contribution in [1.29, 1.82) is 0 Å². The molecule has 1 saturated heterocycles. The molecule has 0 aromatic rings. The molecular formula is C9H15NO2S. The van der Waals surface area contributed by atoms with Gasteiger partial charge >= 0.3 is 0 Å². The van der Waals surface area contributed by atoms with E-state index < -0.39 is 0 Å². The smallest absolute Gasteiger partial charge is 0.239 e. The summed E-state index contributed by atoms with van der Waals surface area (Å²) >= 11 is 1.41. The lowest BCUT2D eigenvalue weighted by Gasteiger charge is -2.25. The zero-order valence-corrected chi connectivity index (χ0v) is 8.89. The molecule has 74 valence electrons. The first-order valence-corrected chi connectivity index (χ1v) is 5.67. The van der Waals surface area contributed by atoms with Gasteiger partial charge in [-0.2, -0.15) is 0 Å². The molecule has 3 nitrogen and oxygen atoms in total. The third kappa shape index (κ3) is 3.03. The third-order valence-corrected chi connectivity index (χ3v) is 2.89. The van der Waals surface area contributed by atoms with E-state index in [9.17, 15) is 9.59 Å². The number of thioether (sulfide) groups is 1. The summed E-state index contributed by atoms with van der Waals surface area (Å²) in [5, 5.41) is 0. The summed E-state index contributed by atoms with van der Waals surface area (Å²) in [5.41, 5.74) is 0. The van der Waals surface area contributed by atoms with Crippen LogP contribution in [-0.2, 0) is 9.59 Å². The van der Waals surface area contributed by atoms with Crippen molar-refractivity contribution in [3.8, 4) is 0 Å². The van der Waals surface area contributed by atoms with E-state index in [-0.39, 0.29) is 11.8 Å². The summed E-state index contributed by atoms with van der Waals surface area (Å²) in [4.78, 5) is 24.0. The van der Waals surface area contributed by atoms with Gasteiger partial charge in [-0.1, -0.05) is 13.8 Å². The van der Waals surface area contributed by atoms with Crippen LogP contribution in [0, 0.1) is 5.92 Å². The standard InChI is InChI=1S/C9H15NO2S/c1-7(2)3-4-10-8(11)5-13-6-9(10)12/h7H,3-6H2,1-2H3. The molecule has 13 heavy (non-hydrogen) atoms. The molecular weight excluding hydrogens is 186 g/mol. The molecule has 0 aromatic carbocycles. The molecule has 0 atom stereocenters. The molecule has 0 spiro atoms. The molecule has 1 aliphatic rings. The lowest BCUT2D eigenvalue weighted by Crippen LogP contribution is -2.43. The van der Waals surface area contributed by atoms with Crippen molar-refractivity contribution in [2.75, 3.05) is 18.1 Å². The largest absolute Gasteiger partial charge is 0.281 e. The molecule has 1 heterocycles. The minimum atomic E-state index is -0.0260. The van der Waals surface area contributed by atoms with Crippen LogP contribution >= 0.6 is 11.8 Å². The lowest BCUT2D eigenvalue weighted by atomic mass is 10.1. The zero-order chi connectivity index (χ0) is 9.84. The van der Waals surface area contributed by atoms with E-state index in [2.05, 4.69) is 13.8 Å². The molecule has 0 aromatic heterocycles. The molecule has 0 aliphatic carbocycles. The van der Waals surface area contributed by atoms with Gasteiger partial charge in [0.15, 0.2) is 0 Å². The van der Waals surface area contributed by atoms with Gasteiger partial charge in [-0.3, -0.25) is 14.5 Å². The second kappa shape index (κ2) is 4.65. The van der Waals surface area contributed by atoms with Gasteiger partial charge in [0.1, 0.15) is 0 Å². The van der Waals surface area contributed by atoms with Crippen LogP contribution in [0.3, 0.4) is 0 Å². The van der Waals surface area contributed by atoms with Gasteiger partial charge in [-0.05, 0) is 12.3 Å². The predicted molar refractivity (Wildman–Crippen MR) is 53.5 cm³/mol. The van der Waals surface area contributed by atoms with Crippen molar-refractivity contribution < 1.29 is 9.59 Å². The number of amides is 2. The normalized spacial score (nSPS) is 18.5. The van der Waals surface area contributed by atoms with Crippen molar-refractivity contribution in [3.63, 3.8) is 0 Å². The fourth-order valence-corrected chi connectivity index (χ4v) is 1.92. The molecule has 1 rings (SSSR count). The maximum atomic E-state index is 11.3. The maximum absolute atomic E-state index is 11.3.